The normalized spacial score (nSPS) is 10.3. The second kappa shape index (κ2) is 5.64. The number of para-hydroxylation sites is 1. The van der Waals surface area contributed by atoms with Crippen LogP contribution >= 0.6 is 11.8 Å². The number of carbonyl (C=O) groups is 1. The molecule has 2 rings (SSSR count). The van der Waals surface area contributed by atoms with Gasteiger partial charge < -0.3 is 14.9 Å². The van der Waals surface area contributed by atoms with Crippen molar-refractivity contribution in [3.05, 3.63) is 47.9 Å². The summed E-state index contributed by atoms with van der Waals surface area (Å²) in [6, 6.07) is 9.18. The Bertz CT molecular complexity index is 551. The van der Waals surface area contributed by atoms with Crippen molar-refractivity contribution in [3.8, 4) is 0 Å². The van der Waals surface area contributed by atoms with Crippen molar-refractivity contribution < 1.29 is 13.9 Å². The SMILES string of the molecule is COC(=O)c1ccoc1CSc1ccccc1N. The molecule has 0 saturated heterocycles. The first-order valence-corrected chi connectivity index (χ1v) is 6.33. The van der Waals surface area contributed by atoms with Crippen LogP contribution in [-0.2, 0) is 10.5 Å². The highest BCUT2D eigenvalue weighted by molar-refractivity contribution is 7.98. The standard InChI is InChI=1S/C13H13NO3S/c1-16-13(15)9-6-7-17-11(9)8-18-12-5-3-2-4-10(12)14/h2-7H,8,14H2,1H3. The number of benzene rings is 1. The lowest BCUT2D eigenvalue weighted by atomic mass is 10.3. The van der Waals surface area contributed by atoms with Crippen molar-refractivity contribution in [1.82, 2.24) is 0 Å². The van der Waals surface area contributed by atoms with Gasteiger partial charge in [-0.05, 0) is 18.2 Å². The van der Waals surface area contributed by atoms with Crippen LogP contribution in [0.1, 0.15) is 16.1 Å². The molecule has 0 aliphatic heterocycles. The van der Waals surface area contributed by atoms with Crippen LogP contribution in [0.4, 0.5) is 5.69 Å². The van der Waals surface area contributed by atoms with Crippen LogP contribution < -0.4 is 5.73 Å². The van der Waals surface area contributed by atoms with E-state index >= 15 is 0 Å². The summed E-state index contributed by atoms with van der Waals surface area (Å²) in [6.07, 6.45) is 1.48. The van der Waals surface area contributed by atoms with E-state index in [1.807, 2.05) is 24.3 Å². The number of hydrogen-bond donors (Lipinski definition) is 1. The molecule has 0 radical (unpaired) electrons. The van der Waals surface area contributed by atoms with Gasteiger partial charge in [0.05, 0.1) is 19.1 Å². The number of furan rings is 1. The van der Waals surface area contributed by atoms with E-state index in [0.717, 1.165) is 4.90 Å². The summed E-state index contributed by atoms with van der Waals surface area (Å²) in [5, 5.41) is 0. The first-order valence-electron chi connectivity index (χ1n) is 5.34. The highest BCUT2D eigenvalue weighted by Crippen LogP contribution is 2.29. The van der Waals surface area contributed by atoms with Gasteiger partial charge in [0.2, 0.25) is 0 Å². The topological polar surface area (TPSA) is 65.5 Å². The molecule has 0 spiro atoms. The zero-order valence-corrected chi connectivity index (χ0v) is 10.7. The lowest BCUT2D eigenvalue weighted by molar-refractivity contribution is 0.0598. The molecular weight excluding hydrogens is 250 g/mol. The maximum absolute atomic E-state index is 11.5. The second-order valence-electron chi connectivity index (χ2n) is 3.58. The molecule has 0 amide bonds. The van der Waals surface area contributed by atoms with E-state index in [2.05, 4.69) is 4.74 Å². The molecule has 0 fully saturated rings. The summed E-state index contributed by atoms with van der Waals surface area (Å²) in [7, 11) is 1.35. The van der Waals surface area contributed by atoms with Crippen LogP contribution in [0.3, 0.4) is 0 Å². The van der Waals surface area contributed by atoms with Crippen molar-refractivity contribution in [3.63, 3.8) is 0 Å². The molecule has 1 heterocycles. The number of nitrogen functional groups attached to an aromatic ring is 1. The zero-order chi connectivity index (χ0) is 13.0. The third-order valence-electron chi connectivity index (χ3n) is 2.43. The summed E-state index contributed by atoms with van der Waals surface area (Å²) in [5.74, 6) is 0.738. The largest absolute Gasteiger partial charge is 0.468 e. The third kappa shape index (κ3) is 2.68. The van der Waals surface area contributed by atoms with Gasteiger partial charge in [0.15, 0.2) is 0 Å². The lowest BCUT2D eigenvalue weighted by Gasteiger charge is -2.04. The minimum atomic E-state index is -0.389. The predicted octanol–water partition coefficient (Wildman–Crippen LogP) is 2.94. The average molecular weight is 263 g/mol. The van der Waals surface area contributed by atoms with Crippen molar-refractivity contribution in [2.45, 2.75) is 10.6 Å². The van der Waals surface area contributed by atoms with Crippen LogP contribution in [0.2, 0.25) is 0 Å². The van der Waals surface area contributed by atoms with E-state index in [-0.39, 0.29) is 5.97 Å². The number of thioether (sulfide) groups is 1. The van der Waals surface area contributed by atoms with Gasteiger partial charge in [-0.15, -0.1) is 11.8 Å². The quantitative estimate of drug-likeness (QED) is 0.522. The van der Waals surface area contributed by atoms with Gasteiger partial charge in [-0.25, -0.2) is 4.79 Å². The van der Waals surface area contributed by atoms with Crippen LogP contribution in [0.25, 0.3) is 0 Å². The smallest absolute Gasteiger partial charge is 0.341 e. The molecule has 0 aliphatic rings. The first kappa shape index (κ1) is 12.6. The minimum Gasteiger partial charge on any atom is -0.468 e. The Morgan fingerprint density at radius 2 is 2.17 bits per heavy atom. The fourth-order valence-electron chi connectivity index (χ4n) is 1.50. The summed E-state index contributed by atoms with van der Waals surface area (Å²) in [4.78, 5) is 12.4. The Hall–Kier alpha value is -1.88. The second-order valence-corrected chi connectivity index (χ2v) is 4.59. The Labute approximate surface area is 109 Å². The summed E-state index contributed by atoms with van der Waals surface area (Å²) < 4.78 is 9.96. The third-order valence-corrected chi connectivity index (χ3v) is 3.52. The number of hydrogen-bond acceptors (Lipinski definition) is 5. The number of carbonyl (C=O) groups excluding carboxylic acids is 1. The van der Waals surface area contributed by atoms with Crippen LogP contribution in [0.5, 0.6) is 0 Å². The Kier molecular flexibility index (Phi) is 3.94. The van der Waals surface area contributed by atoms with Crippen molar-refractivity contribution in [1.29, 1.82) is 0 Å². The molecule has 0 atom stereocenters. The molecule has 94 valence electrons. The highest BCUT2D eigenvalue weighted by atomic mass is 32.2. The van der Waals surface area contributed by atoms with Gasteiger partial charge in [0.1, 0.15) is 11.3 Å². The lowest BCUT2D eigenvalue weighted by Crippen LogP contribution is -2.02. The molecule has 4 nitrogen and oxygen atoms in total. The van der Waals surface area contributed by atoms with E-state index < -0.39 is 0 Å². The molecule has 0 bridgehead atoms. The van der Waals surface area contributed by atoms with E-state index in [1.165, 1.54) is 25.1 Å². The molecule has 2 N–H and O–H groups in total. The number of rotatable bonds is 4. The van der Waals surface area contributed by atoms with E-state index in [0.29, 0.717) is 22.8 Å². The van der Waals surface area contributed by atoms with Gasteiger partial charge in [-0.3, -0.25) is 0 Å². The Balaban J connectivity index is 2.09. The molecule has 0 aliphatic carbocycles. The summed E-state index contributed by atoms with van der Waals surface area (Å²) in [5.41, 5.74) is 7.02. The monoisotopic (exact) mass is 263 g/mol. The molecule has 0 unspecified atom stereocenters. The Morgan fingerprint density at radius 3 is 2.89 bits per heavy atom. The molecule has 0 saturated carbocycles. The number of esters is 1. The molecule has 2 aromatic rings. The minimum absolute atomic E-state index is 0.389. The fraction of sp³-hybridized carbons (Fsp3) is 0.154. The van der Waals surface area contributed by atoms with Crippen LogP contribution in [0, 0.1) is 0 Å². The maximum Gasteiger partial charge on any atom is 0.341 e. The Morgan fingerprint density at radius 1 is 1.39 bits per heavy atom. The average Bonchev–Trinajstić information content (AvgIpc) is 2.85. The number of anilines is 1. The number of nitrogens with two attached hydrogens (primary N) is 1. The van der Waals surface area contributed by atoms with Crippen molar-refractivity contribution in [2.24, 2.45) is 0 Å². The summed E-state index contributed by atoms with van der Waals surface area (Å²) in [6.45, 7) is 0. The molecule has 18 heavy (non-hydrogen) atoms. The zero-order valence-electron chi connectivity index (χ0n) is 9.88. The van der Waals surface area contributed by atoms with E-state index in [9.17, 15) is 4.79 Å². The highest BCUT2D eigenvalue weighted by Gasteiger charge is 2.15. The molecule has 1 aromatic heterocycles. The fourth-order valence-corrected chi connectivity index (χ4v) is 2.42. The summed E-state index contributed by atoms with van der Waals surface area (Å²) >= 11 is 1.52. The van der Waals surface area contributed by atoms with Gasteiger partial charge >= 0.3 is 5.97 Å². The van der Waals surface area contributed by atoms with E-state index in [4.69, 9.17) is 10.2 Å². The molecule has 1 aromatic carbocycles. The van der Waals surface area contributed by atoms with Crippen molar-refractivity contribution in [2.75, 3.05) is 12.8 Å². The number of ether oxygens (including phenoxy) is 1. The maximum atomic E-state index is 11.5. The van der Waals surface area contributed by atoms with Crippen LogP contribution in [0.15, 0.2) is 45.9 Å². The van der Waals surface area contributed by atoms with Gasteiger partial charge in [0, 0.05) is 10.6 Å². The van der Waals surface area contributed by atoms with E-state index in [1.54, 1.807) is 6.07 Å². The van der Waals surface area contributed by atoms with Gasteiger partial charge in [0.25, 0.3) is 0 Å². The predicted molar refractivity (Wildman–Crippen MR) is 70.5 cm³/mol. The van der Waals surface area contributed by atoms with Gasteiger partial charge in [-0.1, -0.05) is 12.1 Å². The van der Waals surface area contributed by atoms with Crippen LogP contribution in [-0.4, -0.2) is 13.1 Å². The molecule has 5 heteroatoms. The molecular formula is C13H13NO3S. The van der Waals surface area contributed by atoms with Gasteiger partial charge in [-0.2, -0.15) is 0 Å². The first-order chi connectivity index (χ1) is 8.72. The van der Waals surface area contributed by atoms with Crippen molar-refractivity contribution >= 4 is 23.4 Å². The number of methoxy groups -OCH3 is 1.